The maximum Gasteiger partial charge on any atom is 0.0833 e. The summed E-state index contributed by atoms with van der Waals surface area (Å²) in [6, 6.07) is 11.8. The first-order valence-electron chi connectivity index (χ1n) is 6.26. The Morgan fingerprint density at radius 3 is 2.42 bits per heavy atom. The van der Waals surface area contributed by atoms with Crippen LogP contribution in [0.1, 0.15) is 17.0 Å². The third-order valence-corrected chi connectivity index (χ3v) is 3.39. The van der Waals surface area contributed by atoms with Crippen LogP contribution < -0.4 is 0 Å². The third-order valence-electron chi connectivity index (χ3n) is 3.14. The molecule has 0 unspecified atom stereocenters. The number of ether oxygens (including phenoxy) is 1. The van der Waals surface area contributed by atoms with E-state index in [9.17, 15) is 5.11 Å². The van der Waals surface area contributed by atoms with Gasteiger partial charge in [-0.05, 0) is 29.8 Å². The predicted molar refractivity (Wildman–Crippen MR) is 76.5 cm³/mol. The largest absolute Gasteiger partial charge is 0.390 e. The second-order valence-corrected chi connectivity index (χ2v) is 4.87. The molecule has 0 spiro atoms. The highest BCUT2D eigenvalue weighted by Crippen LogP contribution is 2.16. The van der Waals surface area contributed by atoms with Gasteiger partial charge >= 0.3 is 0 Å². The molecule has 0 aliphatic heterocycles. The van der Waals surface area contributed by atoms with Crippen molar-refractivity contribution in [1.82, 2.24) is 4.57 Å². The summed E-state index contributed by atoms with van der Waals surface area (Å²) in [6.45, 7) is 1.45. The summed E-state index contributed by atoms with van der Waals surface area (Å²) in [7, 11) is 1.69. The Labute approximate surface area is 118 Å². The van der Waals surface area contributed by atoms with Gasteiger partial charge in [0.1, 0.15) is 0 Å². The fourth-order valence-electron chi connectivity index (χ4n) is 2.10. The standard InChI is InChI=1S/C15H18ClNO2/c1-19-9-8-14-6-7-15(11-18)17(14)10-12-2-4-13(16)5-3-12/h2-7,18H,8-11H2,1H3. The number of aliphatic hydroxyl groups is 1. The van der Waals surface area contributed by atoms with Crippen LogP contribution in [0.2, 0.25) is 5.02 Å². The Hall–Kier alpha value is -1.29. The van der Waals surface area contributed by atoms with E-state index in [1.54, 1.807) is 7.11 Å². The van der Waals surface area contributed by atoms with Crippen LogP contribution in [0.4, 0.5) is 0 Å². The molecule has 0 fully saturated rings. The average Bonchev–Trinajstić information content (AvgIpc) is 2.81. The molecule has 0 atom stereocenters. The lowest BCUT2D eigenvalue weighted by atomic mass is 10.2. The third kappa shape index (κ3) is 3.60. The maximum atomic E-state index is 9.41. The van der Waals surface area contributed by atoms with E-state index in [1.165, 1.54) is 5.69 Å². The van der Waals surface area contributed by atoms with Crippen molar-refractivity contribution < 1.29 is 9.84 Å². The molecule has 102 valence electrons. The van der Waals surface area contributed by atoms with Crippen LogP contribution >= 0.6 is 11.6 Å². The molecular weight excluding hydrogens is 262 g/mol. The van der Waals surface area contributed by atoms with Gasteiger partial charge in [-0.3, -0.25) is 0 Å². The number of aromatic nitrogens is 1. The van der Waals surface area contributed by atoms with Crippen molar-refractivity contribution in [2.45, 2.75) is 19.6 Å². The predicted octanol–water partition coefficient (Wildman–Crippen LogP) is 2.87. The first-order chi connectivity index (χ1) is 9.24. The van der Waals surface area contributed by atoms with E-state index in [2.05, 4.69) is 4.57 Å². The first kappa shape index (κ1) is 14.1. The Kier molecular flexibility index (Phi) is 5.02. The van der Waals surface area contributed by atoms with Crippen LogP contribution in [0, 0.1) is 0 Å². The molecule has 2 rings (SSSR count). The lowest BCUT2D eigenvalue weighted by Crippen LogP contribution is -2.10. The second-order valence-electron chi connectivity index (χ2n) is 4.43. The van der Waals surface area contributed by atoms with Gasteiger partial charge in [-0.1, -0.05) is 23.7 Å². The lowest BCUT2D eigenvalue weighted by molar-refractivity contribution is 0.200. The molecule has 19 heavy (non-hydrogen) atoms. The van der Waals surface area contributed by atoms with Crippen molar-refractivity contribution in [3.63, 3.8) is 0 Å². The highest BCUT2D eigenvalue weighted by Gasteiger charge is 2.08. The number of rotatable bonds is 6. The van der Waals surface area contributed by atoms with E-state index in [0.29, 0.717) is 6.61 Å². The Bertz CT molecular complexity index is 519. The minimum absolute atomic E-state index is 0.0422. The summed E-state index contributed by atoms with van der Waals surface area (Å²) in [4.78, 5) is 0. The summed E-state index contributed by atoms with van der Waals surface area (Å²) < 4.78 is 7.24. The van der Waals surface area contributed by atoms with E-state index >= 15 is 0 Å². The minimum Gasteiger partial charge on any atom is -0.390 e. The number of halogens is 1. The monoisotopic (exact) mass is 279 g/mol. The van der Waals surface area contributed by atoms with Crippen LogP contribution in [-0.4, -0.2) is 23.4 Å². The number of methoxy groups -OCH3 is 1. The maximum absolute atomic E-state index is 9.41. The van der Waals surface area contributed by atoms with Gasteiger partial charge in [0.05, 0.1) is 13.2 Å². The van der Waals surface area contributed by atoms with Gasteiger partial charge in [-0.2, -0.15) is 0 Å². The van der Waals surface area contributed by atoms with E-state index in [4.69, 9.17) is 16.3 Å². The molecule has 0 radical (unpaired) electrons. The van der Waals surface area contributed by atoms with Crippen molar-refractivity contribution in [2.24, 2.45) is 0 Å². The van der Waals surface area contributed by atoms with E-state index < -0.39 is 0 Å². The Morgan fingerprint density at radius 2 is 1.79 bits per heavy atom. The van der Waals surface area contributed by atoms with E-state index in [0.717, 1.165) is 29.2 Å². The van der Waals surface area contributed by atoms with Gasteiger partial charge in [0.2, 0.25) is 0 Å². The zero-order valence-electron chi connectivity index (χ0n) is 11.0. The van der Waals surface area contributed by atoms with Crippen LogP contribution in [0.3, 0.4) is 0 Å². The molecule has 4 heteroatoms. The molecule has 2 aromatic rings. The van der Waals surface area contributed by atoms with Crippen LogP contribution in [0.25, 0.3) is 0 Å². The Balaban J connectivity index is 2.21. The zero-order valence-corrected chi connectivity index (χ0v) is 11.7. The molecule has 0 aliphatic carbocycles. The van der Waals surface area contributed by atoms with Crippen molar-refractivity contribution in [3.05, 3.63) is 58.4 Å². The smallest absolute Gasteiger partial charge is 0.0833 e. The SMILES string of the molecule is COCCc1ccc(CO)n1Cc1ccc(Cl)cc1. The molecule has 1 aromatic heterocycles. The summed E-state index contributed by atoms with van der Waals surface area (Å²) in [5, 5.41) is 10.1. The van der Waals surface area contributed by atoms with Gasteiger partial charge in [-0.15, -0.1) is 0 Å². The molecule has 1 heterocycles. The quantitative estimate of drug-likeness (QED) is 0.882. The molecule has 0 bridgehead atoms. The summed E-state index contributed by atoms with van der Waals surface area (Å²) in [5.41, 5.74) is 3.25. The molecular formula is C15H18ClNO2. The molecule has 0 saturated heterocycles. The average molecular weight is 280 g/mol. The van der Waals surface area contributed by atoms with Gasteiger partial charge < -0.3 is 14.4 Å². The van der Waals surface area contributed by atoms with Crippen LogP contribution in [0.15, 0.2) is 36.4 Å². The van der Waals surface area contributed by atoms with E-state index in [1.807, 2.05) is 36.4 Å². The number of aliphatic hydroxyl groups excluding tert-OH is 1. The second kappa shape index (κ2) is 6.75. The van der Waals surface area contributed by atoms with Crippen molar-refractivity contribution in [1.29, 1.82) is 0 Å². The van der Waals surface area contributed by atoms with Crippen LogP contribution in [0.5, 0.6) is 0 Å². The topological polar surface area (TPSA) is 34.4 Å². The minimum atomic E-state index is 0.0422. The van der Waals surface area contributed by atoms with Crippen molar-refractivity contribution >= 4 is 11.6 Å². The molecule has 1 N–H and O–H groups in total. The fraction of sp³-hybridized carbons (Fsp3) is 0.333. The highest BCUT2D eigenvalue weighted by atomic mass is 35.5. The summed E-state index contributed by atoms with van der Waals surface area (Å²) in [6.07, 6.45) is 0.837. The lowest BCUT2D eigenvalue weighted by Gasteiger charge is -2.12. The number of hydrogen-bond donors (Lipinski definition) is 1. The number of nitrogens with zero attached hydrogens (tertiary/aromatic N) is 1. The zero-order chi connectivity index (χ0) is 13.7. The van der Waals surface area contributed by atoms with Gasteiger partial charge in [0, 0.05) is 36.5 Å². The van der Waals surface area contributed by atoms with Gasteiger partial charge in [0.15, 0.2) is 0 Å². The molecule has 0 amide bonds. The van der Waals surface area contributed by atoms with Gasteiger partial charge in [-0.25, -0.2) is 0 Å². The summed E-state index contributed by atoms with van der Waals surface area (Å²) in [5.74, 6) is 0. The molecule has 0 aliphatic rings. The van der Waals surface area contributed by atoms with Gasteiger partial charge in [0.25, 0.3) is 0 Å². The van der Waals surface area contributed by atoms with Crippen molar-refractivity contribution in [2.75, 3.05) is 13.7 Å². The summed E-state index contributed by atoms with van der Waals surface area (Å²) >= 11 is 5.89. The number of benzene rings is 1. The Morgan fingerprint density at radius 1 is 1.11 bits per heavy atom. The fourth-order valence-corrected chi connectivity index (χ4v) is 2.22. The molecule has 3 nitrogen and oxygen atoms in total. The first-order valence-corrected chi connectivity index (χ1v) is 6.64. The highest BCUT2D eigenvalue weighted by molar-refractivity contribution is 6.30. The number of hydrogen-bond acceptors (Lipinski definition) is 2. The van der Waals surface area contributed by atoms with E-state index in [-0.39, 0.29) is 6.61 Å². The molecule has 0 saturated carbocycles. The van der Waals surface area contributed by atoms with Crippen LogP contribution in [-0.2, 0) is 24.3 Å². The molecule has 1 aromatic carbocycles. The normalized spacial score (nSPS) is 10.9. The van der Waals surface area contributed by atoms with Crippen molar-refractivity contribution in [3.8, 4) is 0 Å².